The average molecular weight is 412 g/mol. The maximum atomic E-state index is 9.73. The zero-order valence-electron chi connectivity index (χ0n) is 13.0. The molecule has 3 aromatic carbocycles. The van der Waals surface area contributed by atoms with Gasteiger partial charge < -0.3 is 4.74 Å². The van der Waals surface area contributed by atoms with E-state index in [-0.39, 0.29) is 5.90 Å². The summed E-state index contributed by atoms with van der Waals surface area (Å²) in [6.07, 6.45) is 0. The molecular formula is C20H12BrClN2O. The van der Waals surface area contributed by atoms with Crippen LogP contribution >= 0.6 is 27.5 Å². The number of alkyl halides is 1. The first-order valence-corrected chi connectivity index (χ1v) is 8.86. The summed E-state index contributed by atoms with van der Waals surface area (Å²) in [7, 11) is 0. The van der Waals surface area contributed by atoms with Gasteiger partial charge in [-0.25, -0.2) is 0 Å². The number of hydrogen-bond donors (Lipinski definition) is 1. The molecule has 0 bridgehead atoms. The van der Waals surface area contributed by atoms with Crippen molar-refractivity contribution in [2.75, 3.05) is 0 Å². The van der Waals surface area contributed by atoms with Crippen LogP contribution in [-0.2, 0) is 0 Å². The largest absolute Gasteiger partial charge is 0.439 e. The highest BCUT2D eigenvalue weighted by atomic mass is 79.9. The second kappa shape index (κ2) is 5.87. The van der Waals surface area contributed by atoms with Crippen LogP contribution in [0.1, 0.15) is 17.0 Å². The minimum Gasteiger partial charge on any atom is -0.439 e. The Morgan fingerprint density at radius 2 is 1.80 bits per heavy atom. The molecule has 0 aromatic heterocycles. The Morgan fingerprint density at radius 1 is 1.08 bits per heavy atom. The number of hydrogen-bond acceptors (Lipinski definition) is 3. The van der Waals surface area contributed by atoms with Crippen LogP contribution in [0.25, 0.3) is 10.8 Å². The van der Waals surface area contributed by atoms with Gasteiger partial charge in [0.15, 0.2) is 0 Å². The Labute approximate surface area is 158 Å². The second-order valence-corrected chi connectivity index (χ2v) is 7.46. The van der Waals surface area contributed by atoms with Crippen LogP contribution in [0.2, 0.25) is 0 Å². The van der Waals surface area contributed by atoms with E-state index in [9.17, 15) is 5.26 Å². The normalized spacial score (nSPS) is 22.1. The Hall–Kier alpha value is -2.35. The lowest BCUT2D eigenvalue weighted by Gasteiger charge is -2.36. The van der Waals surface area contributed by atoms with Gasteiger partial charge in [-0.2, -0.15) is 5.26 Å². The fraction of sp³-hybridized carbons (Fsp3) is 0.100. The first kappa shape index (κ1) is 16.1. The molecule has 0 saturated carbocycles. The topological polar surface area (TPSA) is 56.9 Å². The molecular weight excluding hydrogens is 400 g/mol. The SMILES string of the molecule is N#CC1(Cl)C(=N)Oc2c(ccc3ccccc23)C1c1ccc(Br)cc1. The van der Waals surface area contributed by atoms with Gasteiger partial charge in [0.2, 0.25) is 10.8 Å². The van der Waals surface area contributed by atoms with Gasteiger partial charge in [-0.3, -0.25) is 5.41 Å². The van der Waals surface area contributed by atoms with E-state index < -0.39 is 10.8 Å². The summed E-state index contributed by atoms with van der Waals surface area (Å²) in [4.78, 5) is -1.58. The van der Waals surface area contributed by atoms with Gasteiger partial charge in [0.25, 0.3) is 0 Å². The Morgan fingerprint density at radius 3 is 2.52 bits per heavy atom. The van der Waals surface area contributed by atoms with Crippen LogP contribution in [0.15, 0.2) is 65.1 Å². The molecule has 1 heterocycles. The van der Waals surface area contributed by atoms with Crippen LogP contribution in [0.4, 0.5) is 0 Å². The maximum absolute atomic E-state index is 9.73. The van der Waals surface area contributed by atoms with E-state index in [0.717, 1.165) is 26.4 Å². The van der Waals surface area contributed by atoms with Gasteiger partial charge in [-0.15, -0.1) is 0 Å². The van der Waals surface area contributed by atoms with Crippen molar-refractivity contribution in [3.8, 4) is 11.8 Å². The highest BCUT2D eigenvalue weighted by molar-refractivity contribution is 9.10. The summed E-state index contributed by atoms with van der Waals surface area (Å²) >= 11 is 10.0. The molecule has 0 fully saturated rings. The molecule has 25 heavy (non-hydrogen) atoms. The standard InChI is InChI=1S/C20H12BrClN2O/c21-14-8-5-13(6-9-14)17-16-10-7-12-3-1-2-4-15(12)18(16)25-19(24)20(17,22)11-23/h1-10,17,24H. The summed E-state index contributed by atoms with van der Waals surface area (Å²) in [5.74, 6) is -0.135. The first-order chi connectivity index (χ1) is 12.0. The summed E-state index contributed by atoms with van der Waals surface area (Å²) < 4.78 is 6.69. The van der Waals surface area contributed by atoms with Crippen molar-refractivity contribution in [1.29, 1.82) is 10.7 Å². The number of halogens is 2. The van der Waals surface area contributed by atoms with Crippen LogP contribution in [-0.4, -0.2) is 10.8 Å². The number of nitriles is 1. The molecule has 4 rings (SSSR count). The summed E-state index contributed by atoms with van der Waals surface area (Å²) in [5.41, 5.74) is 1.68. The van der Waals surface area contributed by atoms with Crippen LogP contribution in [0.3, 0.4) is 0 Å². The average Bonchev–Trinajstić information content (AvgIpc) is 2.64. The molecule has 3 aromatic rings. The third-order valence-corrected chi connectivity index (χ3v) is 5.52. The zero-order chi connectivity index (χ0) is 17.6. The van der Waals surface area contributed by atoms with Gasteiger partial charge >= 0.3 is 0 Å². The van der Waals surface area contributed by atoms with E-state index in [1.54, 1.807) is 0 Å². The number of rotatable bonds is 1. The molecule has 0 saturated heterocycles. The van der Waals surface area contributed by atoms with Crippen molar-refractivity contribution in [3.63, 3.8) is 0 Å². The fourth-order valence-electron chi connectivity index (χ4n) is 3.30. The third kappa shape index (κ3) is 2.43. The number of benzene rings is 3. The van der Waals surface area contributed by atoms with E-state index in [2.05, 4.69) is 22.0 Å². The highest BCUT2D eigenvalue weighted by Crippen LogP contribution is 2.49. The lowest BCUT2D eigenvalue weighted by Crippen LogP contribution is -2.44. The maximum Gasteiger partial charge on any atom is 0.224 e. The van der Waals surface area contributed by atoms with Gasteiger partial charge in [0, 0.05) is 15.4 Å². The minimum atomic E-state index is -1.58. The summed E-state index contributed by atoms with van der Waals surface area (Å²) in [5, 5.41) is 19.9. The molecule has 0 spiro atoms. The smallest absolute Gasteiger partial charge is 0.224 e. The lowest BCUT2D eigenvalue weighted by atomic mass is 9.77. The van der Waals surface area contributed by atoms with E-state index in [1.165, 1.54) is 0 Å². The molecule has 1 aliphatic rings. The predicted octanol–water partition coefficient (Wildman–Crippen LogP) is 5.61. The number of nitrogens with one attached hydrogen (secondary N) is 1. The number of ether oxygens (including phenoxy) is 1. The van der Waals surface area contributed by atoms with E-state index in [4.69, 9.17) is 21.7 Å². The van der Waals surface area contributed by atoms with Crippen LogP contribution in [0.5, 0.6) is 5.75 Å². The van der Waals surface area contributed by atoms with E-state index in [1.807, 2.05) is 60.7 Å². The Bertz CT molecular complexity index is 1040. The van der Waals surface area contributed by atoms with E-state index >= 15 is 0 Å². The Kier molecular flexibility index (Phi) is 3.79. The van der Waals surface area contributed by atoms with Gasteiger partial charge in [0.1, 0.15) is 5.75 Å². The monoisotopic (exact) mass is 410 g/mol. The molecule has 122 valence electrons. The van der Waals surface area contributed by atoms with Crippen molar-refractivity contribution >= 4 is 44.2 Å². The van der Waals surface area contributed by atoms with E-state index in [0.29, 0.717) is 5.75 Å². The number of nitrogens with zero attached hydrogens (tertiary/aromatic N) is 1. The minimum absolute atomic E-state index is 0.242. The molecule has 3 nitrogen and oxygen atoms in total. The van der Waals surface area contributed by atoms with Crippen molar-refractivity contribution in [2.24, 2.45) is 0 Å². The van der Waals surface area contributed by atoms with Gasteiger partial charge in [0.05, 0.1) is 12.0 Å². The van der Waals surface area contributed by atoms with Gasteiger partial charge in [-0.1, -0.05) is 76.1 Å². The molecule has 2 unspecified atom stereocenters. The third-order valence-electron chi connectivity index (χ3n) is 4.52. The number of fused-ring (bicyclic) bond motifs is 3. The molecule has 0 amide bonds. The van der Waals surface area contributed by atoms with Crippen molar-refractivity contribution in [1.82, 2.24) is 0 Å². The van der Waals surface area contributed by atoms with Crippen LogP contribution < -0.4 is 4.74 Å². The molecule has 1 aliphatic heterocycles. The Balaban J connectivity index is 2.03. The lowest BCUT2D eigenvalue weighted by molar-refractivity contribution is 0.467. The highest BCUT2D eigenvalue weighted by Gasteiger charge is 2.50. The molecule has 5 heteroatoms. The zero-order valence-corrected chi connectivity index (χ0v) is 15.3. The van der Waals surface area contributed by atoms with Gasteiger partial charge in [-0.05, 0) is 23.1 Å². The molecule has 1 N–H and O–H groups in total. The van der Waals surface area contributed by atoms with Crippen molar-refractivity contribution in [3.05, 3.63) is 76.3 Å². The fourth-order valence-corrected chi connectivity index (χ4v) is 3.85. The van der Waals surface area contributed by atoms with Crippen molar-refractivity contribution in [2.45, 2.75) is 10.8 Å². The van der Waals surface area contributed by atoms with Crippen molar-refractivity contribution < 1.29 is 4.74 Å². The predicted molar refractivity (Wildman–Crippen MR) is 102 cm³/mol. The summed E-state index contributed by atoms with van der Waals surface area (Å²) in [6.45, 7) is 0. The van der Waals surface area contributed by atoms with Crippen LogP contribution in [0, 0.1) is 16.7 Å². The molecule has 2 atom stereocenters. The first-order valence-electron chi connectivity index (χ1n) is 7.69. The molecule has 0 radical (unpaired) electrons. The second-order valence-electron chi connectivity index (χ2n) is 5.94. The summed E-state index contributed by atoms with van der Waals surface area (Å²) in [6, 6.07) is 21.5. The molecule has 0 aliphatic carbocycles. The quantitative estimate of drug-likeness (QED) is 0.529.